The molecule has 170 valence electrons. The molecule has 1 saturated carbocycles. The minimum absolute atomic E-state index is 0. The fourth-order valence-electron chi connectivity index (χ4n) is 3.32. The van der Waals surface area contributed by atoms with Crippen LogP contribution in [0.25, 0.3) is 0 Å². The highest BCUT2D eigenvalue weighted by Gasteiger charge is 2.26. The number of carbonyl (C=O) groups is 1. The highest BCUT2D eigenvalue weighted by molar-refractivity contribution is 14.0. The second kappa shape index (κ2) is 12.9. The number of hydrogen-bond donors (Lipinski definition) is 3. The molecule has 30 heavy (non-hydrogen) atoms. The predicted molar refractivity (Wildman–Crippen MR) is 132 cm³/mol. The standard InChI is InChI=1S/C22H36N4O3.HI/c1-6-24-21(26-15-22(2,3)20(27)23-4)25-14-16-11-12-18(28-5)13-19(16)29-17-9-7-8-10-17;/h11-13,17H,6-10,14-15H2,1-5H3,(H,23,27)(H2,24,25,26);1H. The lowest BCUT2D eigenvalue weighted by atomic mass is 9.92. The zero-order chi connectivity index (χ0) is 21.3. The zero-order valence-corrected chi connectivity index (χ0v) is 21.2. The number of ether oxygens (including phenoxy) is 2. The molecule has 3 N–H and O–H groups in total. The van der Waals surface area contributed by atoms with Gasteiger partial charge in [0.15, 0.2) is 5.96 Å². The van der Waals surface area contributed by atoms with Crippen molar-refractivity contribution in [3.05, 3.63) is 23.8 Å². The Morgan fingerprint density at radius 1 is 1.23 bits per heavy atom. The van der Waals surface area contributed by atoms with Gasteiger partial charge in [-0.2, -0.15) is 0 Å². The van der Waals surface area contributed by atoms with Crippen LogP contribution in [0.15, 0.2) is 23.2 Å². The van der Waals surface area contributed by atoms with Crippen molar-refractivity contribution in [2.45, 2.75) is 59.1 Å². The maximum Gasteiger partial charge on any atom is 0.227 e. The van der Waals surface area contributed by atoms with E-state index in [0.717, 1.165) is 36.4 Å². The second-order valence-corrected chi connectivity index (χ2v) is 8.01. The molecule has 0 atom stereocenters. The summed E-state index contributed by atoms with van der Waals surface area (Å²) in [6.45, 7) is 7.51. The minimum Gasteiger partial charge on any atom is -0.497 e. The molecule has 1 aromatic carbocycles. The molecule has 0 radical (unpaired) electrons. The molecule has 0 saturated heterocycles. The monoisotopic (exact) mass is 532 g/mol. The van der Waals surface area contributed by atoms with Gasteiger partial charge >= 0.3 is 0 Å². The van der Waals surface area contributed by atoms with Crippen LogP contribution in [0.3, 0.4) is 0 Å². The lowest BCUT2D eigenvalue weighted by molar-refractivity contribution is -0.128. The molecule has 0 unspecified atom stereocenters. The van der Waals surface area contributed by atoms with E-state index in [4.69, 9.17) is 14.5 Å². The Kier molecular flexibility index (Phi) is 11.3. The molecule has 1 aromatic rings. The maximum atomic E-state index is 12.0. The summed E-state index contributed by atoms with van der Waals surface area (Å²) in [5.74, 6) is 2.28. The van der Waals surface area contributed by atoms with E-state index in [9.17, 15) is 4.79 Å². The Balaban J connectivity index is 0.00000450. The van der Waals surface area contributed by atoms with Gasteiger partial charge in [0, 0.05) is 31.8 Å². The minimum atomic E-state index is -0.540. The molecule has 0 bridgehead atoms. The summed E-state index contributed by atoms with van der Waals surface area (Å²) in [5.41, 5.74) is 0.474. The molecule has 1 fully saturated rings. The first kappa shape index (κ1) is 26.3. The van der Waals surface area contributed by atoms with E-state index >= 15 is 0 Å². The fraction of sp³-hybridized carbons (Fsp3) is 0.636. The number of hydrogen-bond acceptors (Lipinski definition) is 4. The predicted octanol–water partition coefficient (Wildman–Crippen LogP) is 3.46. The van der Waals surface area contributed by atoms with Gasteiger partial charge in [-0.25, -0.2) is 4.99 Å². The summed E-state index contributed by atoms with van der Waals surface area (Å²) in [7, 11) is 3.31. The summed E-state index contributed by atoms with van der Waals surface area (Å²) in [5, 5.41) is 9.22. The van der Waals surface area contributed by atoms with E-state index in [1.165, 1.54) is 12.8 Å². The first-order valence-corrected chi connectivity index (χ1v) is 10.5. The third kappa shape index (κ3) is 7.85. The topological polar surface area (TPSA) is 84.0 Å². The molecule has 0 aliphatic heterocycles. The summed E-state index contributed by atoms with van der Waals surface area (Å²) in [6, 6.07) is 5.88. The Hall–Kier alpha value is -1.71. The van der Waals surface area contributed by atoms with Crippen molar-refractivity contribution in [2.24, 2.45) is 10.4 Å². The summed E-state index contributed by atoms with van der Waals surface area (Å²) in [4.78, 5) is 16.7. The Morgan fingerprint density at radius 3 is 2.53 bits per heavy atom. The van der Waals surface area contributed by atoms with Crippen LogP contribution in [0, 0.1) is 5.41 Å². The number of nitrogens with zero attached hydrogens (tertiary/aromatic N) is 1. The van der Waals surface area contributed by atoms with Gasteiger partial charge in [-0.1, -0.05) is 0 Å². The first-order valence-electron chi connectivity index (χ1n) is 10.5. The summed E-state index contributed by atoms with van der Waals surface area (Å²) < 4.78 is 11.6. The van der Waals surface area contributed by atoms with Gasteiger partial charge in [0.05, 0.1) is 25.2 Å². The number of carbonyl (C=O) groups excluding carboxylic acids is 1. The highest BCUT2D eigenvalue weighted by atomic mass is 127. The molecule has 1 aliphatic rings. The molecule has 0 spiro atoms. The van der Waals surface area contributed by atoms with E-state index in [0.29, 0.717) is 19.0 Å². The molecule has 1 amide bonds. The largest absolute Gasteiger partial charge is 0.497 e. The van der Waals surface area contributed by atoms with Crippen molar-refractivity contribution >= 4 is 35.8 Å². The van der Waals surface area contributed by atoms with Crippen LogP contribution < -0.4 is 25.4 Å². The molecule has 7 nitrogen and oxygen atoms in total. The van der Waals surface area contributed by atoms with E-state index in [2.05, 4.69) is 16.0 Å². The van der Waals surface area contributed by atoms with Crippen LogP contribution in [0.1, 0.15) is 52.0 Å². The number of methoxy groups -OCH3 is 1. The Morgan fingerprint density at radius 2 is 1.93 bits per heavy atom. The van der Waals surface area contributed by atoms with Gasteiger partial charge in [0.2, 0.25) is 5.91 Å². The number of benzene rings is 1. The molecule has 0 aromatic heterocycles. The van der Waals surface area contributed by atoms with Gasteiger partial charge in [-0.05, 0) is 58.6 Å². The van der Waals surface area contributed by atoms with Crippen molar-refractivity contribution in [2.75, 3.05) is 27.2 Å². The van der Waals surface area contributed by atoms with E-state index < -0.39 is 5.41 Å². The quantitative estimate of drug-likeness (QED) is 0.258. The molecular weight excluding hydrogens is 495 g/mol. The fourth-order valence-corrected chi connectivity index (χ4v) is 3.32. The number of aliphatic imine (C=N–C) groups is 1. The number of halogens is 1. The van der Waals surface area contributed by atoms with Gasteiger partial charge in [0.25, 0.3) is 0 Å². The molecular formula is C22H37IN4O3. The molecule has 1 aliphatic carbocycles. The Bertz CT molecular complexity index is 704. The van der Waals surface area contributed by atoms with Crippen LogP contribution in [0.4, 0.5) is 0 Å². The van der Waals surface area contributed by atoms with Crippen LogP contribution >= 0.6 is 24.0 Å². The van der Waals surface area contributed by atoms with Gasteiger partial charge in [-0.15, -0.1) is 24.0 Å². The highest BCUT2D eigenvalue weighted by Crippen LogP contribution is 2.30. The third-order valence-corrected chi connectivity index (χ3v) is 5.16. The van der Waals surface area contributed by atoms with E-state index in [-0.39, 0.29) is 36.0 Å². The van der Waals surface area contributed by atoms with Gasteiger partial charge in [0.1, 0.15) is 11.5 Å². The summed E-state index contributed by atoms with van der Waals surface area (Å²) in [6.07, 6.45) is 4.90. The summed E-state index contributed by atoms with van der Waals surface area (Å²) >= 11 is 0. The van der Waals surface area contributed by atoms with Crippen molar-refractivity contribution in [1.82, 2.24) is 16.0 Å². The molecule has 8 heteroatoms. The van der Waals surface area contributed by atoms with Crippen molar-refractivity contribution in [1.29, 1.82) is 0 Å². The van der Waals surface area contributed by atoms with Crippen molar-refractivity contribution in [3.8, 4) is 11.5 Å². The maximum absolute atomic E-state index is 12.0. The molecule has 0 heterocycles. The molecule has 2 rings (SSSR count). The normalized spacial score (nSPS) is 14.6. The first-order chi connectivity index (χ1) is 13.9. The smallest absolute Gasteiger partial charge is 0.227 e. The van der Waals surface area contributed by atoms with E-state index in [1.54, 1.807) is 14.2 Å². The van der Waals surface area contributed by atoms with E-state index in [1.807, 2.05) is 39.0 Å². The zero-order valence-electron chi connectivity index (χ0n) is 18.8. The van der Waals surface area contributed by atoms with Crippen LogP contribution in [0.2, 0.25) is 0 Å². The van der Waals surface area contributed by atoms with Crippen LogP contribution in [0.5, 0.6) is 11.5 Å². The Labute approximate surface area is 197 Å². The number of rotatable bonds is 9. The average molecular weight is 532 g/mol. The van der Waals surface area contributed by atoms with Crippen LogP contribution in [-0.2, 0) is 11.3 Å². The number of nitrogens with one attached hydrogen (secondary N) is 3. The van der Waals surface area contributed by atoms with Crippen LogP contribution in [-0.4, -0.2) is 45.2 Å². The second-order valence-electron chi connectivity index (χ2n) is 8.01. The average Bonchev–Trinajstić information content (AvgIpc) is 3.23. The van der Waals surface area contributed by atoms with Crippen molar-refractivity contribution in [3.63, 3.8) is 0 Å². The number of amides is 1. The lowest BCUT2D eigenvalue weighted by Crippen LogP contribution is -2.47. The van der Waals surface area contributed by atoms with Gasteiger partial charge < -0.3 is 25.4 Å². The SMILES string of the molecule is CCNC(=NCc1ccc(OC)cc1OC1CCCC1)NCC(C)(C)C(=O)NC.I. The third-order valence-electron chi connectivity index (χ3n) is 5.16. The van der Waals surface area contributed by atoms with Crippen molar-refractivity contribution < 1.29 is 14.3 Å². The van der Waals surface area contributed by atoms with Gasteiger partial charge in [-0.3, -0.25) is 4.79 Å². The lowest BCUT2D eigenvalue weighted by Gasteiger charge is -2.24. The number of guanidine groups is 1.